The van der Waals surface area contributed by atoms with Gasteiger partial charge in [0.1, 0.15) is 11.5 Å². The third-order valence-electron chi connectivity index (χ3n) is 4.69. The van der Waals surface area contributed by atoms with Crippen LogP contribution in [-0.4, -0.2) is 24.7 Å². The minimum Gasteiger partial charge on any atom is -0.483 e. The molecule has 0 unspecified atom stereocenters. The number of fused-ring (bicyclic) bond motifs is 1. The van der Waals surface area contributed by atoms with Gasteiger partial charge in [0.05, 0.1) is 11.8 Å². The largest absolute Gasteiger partial charge is 0.483 e. The number of ether oxygens (including phenoxy) is 2. The van der Waals surface area contributed by atoms with E-state index in [1.807, 2.05) is 48.5 Å². The van der Waals surface area contributed by atoms with Crippen LogP contribution in [0.3, 0.4) is 0 Å². The van der Waals surface area contributed by atoms with E-state index in [0.717, 1.165) is 15.2 Å². The van der Waals surface area contributed by atoms with Crippen LogP contribution in [0.25, 0.3) is 10.8 Å². The van der Waals surface area contributed by atoms with Crippen molar-refractivity contribution >= 4 is 44.8 Å². The van der Waals surface area contributed by atoms with Gasteiger partial charge in [-0.15, -0.1) is 0 Å². The van der Waals surface area contributed by atoms with Crippen LogP contribution in [-0.2, 0) is 4.79 Å². The Kier molecular flexibility index (Phi) is 7.12. The van der Waals surface area contributed by atoms with Gasteiger partial charge in [-0.05, 0) is 41.8 Å². The smallest absolute Gasteiger partial charge is 0.343 e. The second-order valence-electron chi connectivity index (χ2n) is 7.00. The lowest BCUT2D eigenvalue weighted by Gasteiger charge is -2.09. The normalized spacial score (nSPS) is 10.8. The van der Waals surface area contributed by atoms with E-state index in [9.17, 15) is 9.59 Å². The number of amides is 1. The Labute approximate surface area is 199 Å². The summed E-state index contributed by atoms with van der Waals surface area (Å²) in [5, 5.41) is 5.94. The van der Waals surface area contributed by atoms with Crippen LogP contribution >= 0.6 is 15.9 Å². The van der Waals surface area contributed by atoms with Crippen LogP contribution < -0.4 is 14.9 Å². The Morgan fingerprint density at radius 2 is 1.64 bits per heavy atom. The number of nitrogens with one attached hydrogen (secondary N) is 1. The van der Waals surface area contributed by atoms with Crippen molar-refractivity contribution in [3.05, 3.63) is 107 Å². The van der Waals surface area contributed by atoms with Gasteiger partial charge in [-0.3, -0.25) is 4.79 Å². The highest BCUT2D eigenvalue weighted by atomic mass is 79.9. The van der Waals surface area contributed by atoms with Crippen LogP contribution in [0.5, 0.6) is 11.5 Å². The van der Waals surface area contributed by atoms with E-state index < -0.39 is 11.9 Å². The van der Waals surface area contributed by atoms with Crippen molar-refractivity contribution in [3.63, 3.8) is 0 Å². The molecule has 0 radical (unpaired) electrons. The Balaban J connectivity index is 1.39. The standard InChI is InChI=1S/C26H19BrN2O4/c27-21-13-14-23(33-26(31)19-8-2-1-3-9-19)20(15-21)16-28-29-25(30)17-32-24-12-6-10-18-7-4-5-11-22(18)24/h1-16H,17H2,(H,29,30). The molecule has 0 aliphatic rings. The summed E-state index contributed by atoms with van der Waals surface area (Å²) in [7, 11) is 0. The molecule has 4 aromatic carbocycles. The maximum atomic E-state index is 12.4. The number of benzene rings is 4. The Morgan fingerprint density at radius 3 is 2.48 bits per heavy atom. The fraction of sp³-hybridized carbons (Fsp3) is 0.0385. The first-order valence-corrected chi connectivity index (χ1v) is 10.9. The molecule has 0 bridgehead atoms. The van der Waals surface area contributed by atoms with Crippen LogP contribution in [0, 0.1) is 0 Å². The summed E-state index contributed by atoms with van der Waals surface area (Å²) in [6.45, 7) is -0.195. The summed E-state index contributed by atoms with van der Waals surface area (Å²) in [4.78, 5) is 24.6. The molecule has 0 saturated carbocycles. The summed E-state index contributed by atoms with van der Waals surface area (Å²) in [5.74, 6) is 0.0310. The minimum absolute atomic E-state index is 0.195. The molecular formula is C26H19BrN2O4. The molecule has 0 fully saturated rings. The van der Waals surface area contributed by atoms with Gasteiger partial charge in [-0.2, -0.15) is 5.10 Å². The summed E-state index contributed by atoms with van der Waals surface area (Å²) < 4.78 is 11.9. The number of hydrogen-bond acceptors (Lipinski definition) is 5. The van der Waals surface area contributed by atoms with Crippen molar-refractivity contribution in [2.45, 2.75) is 0 Å². The first-order chi connectivity index (χ1) is 16.1. The van der Waals surface area contributed by atoms with Crippen molar-refractivity contribution in [1.82, 2.24) is 5.43 Å². The van der Waals surface area contributed by atoms with Crippen molar-refractivity contribution in [1.29, 1.82) is 0 Å². The lowest BCUT2D eigenvalue weighted by molar-refractivity contribution is -0.123. The van der Waals surface area contributed by atoms with E-state index in [1.165, 1.54) is 6.21 Å². The summed E-state index contributed by atoms with van der Waals surface area (Å²) in [5.41, 5.74) is 3.38. The highest BCUT2D eigenvalue weighted by molar-refractivity contribution is 9.10. The fourth-order valence-corrected chi connectivity index (χ4v) is 3.50. The predicted octanol–water partition coefficient (Wildman–Crippen LogP) is 5.35. The van der Waals surface area contributed by atoms with E-state index in [2.05, 4.69) is 26.5 Å². The third-order valence-corrected chi connectivity index (χ3v) is 5.18. The van der Waals surface area contributed by atoms with E-state index in [0.29, 0.717) is 22.6 Å². The number of hydrazone groups is 1. The molecule has 0 saturated heterocycles. The van der Waals surface area contributed by atoms with Gasteiger partial charge in [-0.25, -0.2) is 10.2 Å². The number of carbonyl (C=O) groups excluding carboxylic acids is 2. The third kappa shape index (κ3) is 5.84. The Hall–Kier alpha value is -3.97. The molecule has 0 aliphatic carbocycles. The maximum absolute atomic E-state index is 12.4. The average molecular weight is 503 g/mol. The molecule has 0 aromatic heterocycles. The average Bonchev–Trinajstić information content (AvgIpc) is 2.84. The Morgan fingerprint density at radius 1 is 0.879 bits per heavy atom. The molecule has 33 heavy (non-hydrogen) atoms. The van der Waals surface area contributed by atoms with Crippen LogP contribution in [0.15, 0.2) is 101 Å². The minimum atomic E-state index is -0.486. The number of nitrogens with zero attached hydrogens (tertiary/aromatic N) is 1. The van der Waals surface area contributed by atoms with Gasteiger partial charge in [0.25, 0.3) is 5.91 Å². The van der Waals surface area contributed by atoms with Gasteiger partial charge in [-0.1, -0.05) is 70.5 Å². The summed E-state index contributed by atoms with van der Waals surface area (Å²) >= 11 is 3.39. The molecule has 0 atom stereocenters. The fourth-order valence-electron chi connectivity index (χ4n) is 3.12. The SMILES string of the molecule is O=C(COc1cccc2ccccc12)NN=Cc1cc(Br)ccc1OC(=O)c1ccccc1. The topological polar surface area (TPSA) is 77.0 Å². The zero-order valence-electron chi connectivity index (χ0n) is 17.4. The number of esters is 1. The lowest BCUT2D eigenvalue weighted by Crippen LogP contribution is -2.24. The molecule has 1 N–H and O–H groups in total. The quantitative estimate of drug-likeness (QED) is 0.160. The van der Waals surface area contributed by atoms with E-state index in [-0.39, 0.29) is 6.61 Å². The zero-order valence-corrected chi connectivity index (χ0v) is 19.0. The molecule has 7 heteroatoms. The van der Waals surface area contributed by atoms with Crippen molar-refractivity contribution in [3.8, 4) is 11.5 Å². The highest BCUT2D eigenvalue weighted by Gasteiger charge is 2.11. The number of halogens is 1. The Bertz CT molecular complexity index is 1320. The second kappa shape index (κ2) is 10.6. The molecule has 0 spiro atoms. The second-order valence-corrected chi connectivity index (χ2v) is 7.91. The first kappa shape index (κ1) is 22.2. The molecule has 0 heterocycles. The van der Waals surface area contributed by atoms with Gasteiger partial charge < -0.3 is 9.47 Å². The van der Waals surface area contributed by atoms with Gasteiger partial charge in [0, 0.05) is 15.4 Å². The summed E-state index contributed by atoms with van der Waals surface area (Å²) in [6.07, 6.45) is 1.41. The van der Waals surface area contributed by atoms with Crippen LogP contribution in [0.1, 0.15) is 15.9 Å². The number of carbonyl (C=O) groups is 2. The molecule has 4 rings (SSSR count). The molecule has 1 amide bonds. The van der Waals surface area contributed by atoms with E-state index in [4.69, 9.17) is 9.47 Å². The highest BCUT2D eigenvalue weighted by Crippen LogP contribution is 2.25. The molecular weight excluding hydrogens is 484 g/mol. The van der Waals surface area contributed by atoms with Crippen molar-refractivity contribution < 1.29 is 19.1 Å². The lowest BCUT2D eigenvalue weighted by atomic mass is 10.1. The molecule has 4 aromatic rings. The van der Waals surface area contributed by atoms with Crippen LogP contribution in [0.4, 0.5) is 0 Å². The van der Waals surface area contributed by atoms with E-state index >= 15 is 0 Å². The zero-order chi connectivity index (χ0) is 23.0. The summed E-state index contributed by atoms with van der Waals surface area (Å²) in [6, 6.07) is 27.3. The number of rotatable bonds is 7. The van der Waals surface area contributed by atoms with Gasteiger partial charge in [0.2, 0.25) is 0 Å². The predicted molar refractivity (Wildman–Crippen MR) is 131 cm³/mol. The first-order valence-electron chi connectivity index (χ1n) is 10.1. The van der Waals surface area contributed by atoms with Crippen molar-refractivity contribution in [2.75, 3.05) is 6.61 Å². The van der Waals surface area contributed by atoms with E-state index in [1.54, 1.807) is 42.5 Å². The van der Waals surface area contributed by atoms with Crippen molar-refractivity contribution in [2.24, 2.45) is 5.10 Å². The number of hydrogen-bond donors (Lipinski definition) is 1. The molecule has 0 aliphatic heterocycles. The van der Waals surface area contributed by atoms with Gasteiger partial charge >= 0.3 is 5.97 Å². The van der Waals surface area contributed by atoms with Crippen LogP contribution in [0.2, 0.25) is 0 Å². The monoisotopic (exact) mass is 502 g/mol. The van der Waals surface area contributed by atoms with Gasteiger partial charge in [0.15, 0.2) is 6.61 Å². The molecule has 6 nitrogen and oxygen atoms in total. The maximum Gasteiger partial charge on any atom is 0.343 e. The molecule has 164 valence electrons.